The minimum Gasteiger partial charge on any atom is -0.373 e. The predicted octanol–water partition coefficient (Wildman–Crippen LogP) is 0.775. The van der Waals surface area contributed by atoms with Crippen molar-refractivity contribution >= 4 is 5.78 Å². The molecule has 2 heterocycles. The Bertz CT molecular complexity index is 334. The maximum atomic E-state index is 11.9. The molecule has 7 unspecified atom stereocenters. The number of hydrogen-bond donors (Lipinski definition) is 0. The van der Waals surface area contributed by atoms with Crippen LogP contribution in [0.3, 0.4) is 0 Å². The minimum absolute atomic E-state index is 0.0347. The van der Waals surface area contributed by atoms with Gasteiger partial charge in [0.2, 0.25) is 0 Å². The highest BCUT2D eigenvalue weighted by Crippen LogP contribution is 2.58. The van der Waals surface area contributed by atoms with Gasteiger partial charge < -0.3 is 4.74 Å². The van der Waals surface area contributed by atoms with Crippen LogP contribution in [0.1, 0.15) is 7.77 Å². The lowest BCUT2D eigenvalue weighted by molar-refractivity contribution is -0.128. The molecule has 0 amide bonds. The monoisotopic (exact) mass is 163 g/mol. The van der Waals surface area contributed by atoms with Crippen molar-refractivity contribution in [3.8, 4) is 0 Å². The van der Waals surface area contributed by atoms with E-state index in [1.165, 1.54) is 0 Å². The van der Waals surface area contributed by atoms with E-state index in [1.807, 2.05) is 0 Å². The molecule has 0 spiro atoms. The van der Waals surface area contributed by atoms with E-state index in [2.05, 4.69) is 12.2 Å². The second-order valence-electron chi connectivity index (χ2n) is 4.25. The smallest absolute Gasteiger partial charge is 0.143 e. The number of carbonyl (C=O) groups excluding carboxylic acids is 1. The fraction of sp³-hybridized carbons (Fsp3) is 0.700. The van der Waals surface area contributed by atoms with E-state index < -0.39 is 0 Å². The fourth-order valence-electron chi connectivity index (χ4n) is 3.40. The van der Waals surface area contributed by atoms with E-state index >= 15 is 0 Å². The normalized spacial score (nSPS) is 71.2. The summed E-state index contributed by atoms with van der Waals surface area (Å²) in [5.74, 6) is 0.846. The van der Waals surface area contributed by atoms with Crippen LogP contribution < -0.4 is 0 Å². The summed E-state index contributed by atoms with van der Waals surface area (Å²) in [6.07, 6.45) is 4.14. The molecule has 2 aliphatic heterocycles. The van der Waals surface area contributed by atoms with Crippen molar-refractivity contribution < 1.29 is 10.9 Å². The fourth-order valence-corrected chi connectivity index (χ4v) is 3.40. The molecule has 2 saturated heterocycles. The molecule has 7 atom stereocenters. The Labute approximate surface area is 72.0 Å². The van der Waals surface area contributed by atoms with E-state index in [-0.39, 0.29) is 36.4 Å². The molecule has 6 bridgehead atoms. The van der Waals surface area contributed by atoms with Crippen LogP contribution in [-0.2, 0) is 9.53 Å². The molecular formula is C10H10O2. The van der Waals surface area contributed by atoms with E-state index in [1.54, 1.807) is 0 Å². The van der Waals surface area contributed by atoms with Crippen molar-refractivity contribution in [2.45, 2.75) is 18.6 Å². The van der Waals surface area contributed by atoms with Crippen LogP contribution in [0.5, 0.6) is 0 Å². The Morgan fingerprint density at radius 2 is 2.33 bits per heavy atom. The highest BCUT2D eigenvalue weighted by molar-refractivity contribution is 5.89. The zero-order valence-corrected chi connectivity index (χ0v) is 6.51. The van der Waals surface area contributed by atoms with Gasteiger partial charge in [-0.25, -0.2) is 0 Å². The first-order chi connectivity index (χ1) is 6.29. The summed E-state index contributed by atoms with van der Waals surface area (Å²) in [6, 6.07) is 0. The summed E-state index contributed by atoms with van der Waals surface area (Å²) in [4.78, 5) is 11.9. The van der Waals surface area contributed by atoms with Crippen LogP contribution in [-0.4, -0.2) is 18.0 Å². The summed E-state index contributed by atoms with van der Waals surface area (Å²) in [5, 5.41) is 0. The molecule has 0 aromatic heterocycles. The molecule has 0 aromatic rings. The van der Waals surface area contributed by atoms with Gasteiger partial charge in [0.1, 0.15) is 5.78 Å². The summed E-state index contributed by atoms with van der Waals surface area (Å²) in [7, 11) is 0. The van der Waals surface area contributed by atoms with Crippen LogP contribution >= 0.6 is 0 Å². The predicted molar refractivity (Wildman–Crippen MR) is 41.4 cm³/mol. The van der Waals surface area contributed by atoms with Crippen molar-refractivity contribution in [2.24, 2.45) is 23.7 Å². The first-order valence-corrected chi connectivity index (χ1v) is 4.59. The van der Waals surface area contributed by atoms with Gasteiger partial charge in [0, 0.05) is 19.1 Å². The Morgan fingerprint density at radius 3 is 3.25 bits per heavy atom. The van der Waals surface area contributed by atoms with Gasteiger partial charge in [-0.15, -0.1) is 0 Å². The van der Waals surface area contributed by atoms with Gasteiger partial charge in [-0.2, -0.15) is 0 Å². The molecule has 12 heavy (non-hydrogen) atoms. The highest BCUT2D eigenvalue weighted by Gasteiger charge is 2.65. The molecule has 62 valence electrons. The molecule has 5 aliphatic rings. The second kappa shape index (κ2) is 1.53. The first-order valence-electron chi connectivity index (χ1n) is 5.16. The van der Waals surface area contributed by atoms with Crippen molar-refractivity contribution in [1.29, 1.82) is 0 Å². The van der Waals surface area contributed by atoms with Crippen molar-refractivity contribution in [2.75, 3.05) is 0 Å². The van der Waals surface area contributed by atoms with E-state index in [9.17, 15) is 4.79 Å². The lowest BCUT2D eigenvalue weighted by Gasteiger charge is -2.31. The van der Waals surface area contributed by atoms with Gasteiger partial charge in [0.25, 0.3) is 0 Å². The second-order valence-corrected chi connectivity index (χ2v) is 4.25. The zero-order chi connectivity index (χ0) is 8.74. The average molecular weight is 163 g/mol. The third-order valence-electron chi connectivity index (χ3n) is 3.87. The van der Waals surface area contributed by atoms with Gasteiger partial charge in [-0.1, -0.05) is 12.2 Å². The molecule has 0 aromatic carbocycles. The molecular weight excluding hydrogens is 152 g/mol. The lowest BCUT2D eigenvalue weighted by atomic mass is 9.76. The minimum atomic E-state index is -0.284. The van der Waals surface area contributed by atoms with Crippen molar-refractivity contribution in [1.82, 2.24) is 0 Å². The number of rotatable bonds is 0. The van der Waals surface area contributed by atoms with Crippen LogP contribution in [0.2, 0.25) is 0 Å². The Morgan fingerprint density at radius 1 is 1.50 bits per heavy atom. The summed E-state index contributed by atoms with van der Waals surface area (Å²) in [6.45, 7) is 0. The van der Waals surface area contributed by atoms with Gasteiger partial charge in [0.05, 0.1) is 18.1 Å². The Kier molecular flexibility index (Phi) is 0.661. The Hall–Kier alpha value is -0.630. The topological polar surface area (TPSA) is 26.3 Å². The highest BCUT2D eigenvalue weighted by atomic mass is 16.5. The molecule has 5 rings (SSSR count). The quantitative estimate of drug-likeness (QED) is 0.493. The number of ketones is 1. The largest absolute Gasteiger partial charge is 0.373 e. The van der Waals surface area contributed by atoms with Crippen LogP contribution in [0.25, 0.3) is 0 Å². The number of hydrogen-bond acceptors (Lipinski definition) is 2. The van der Waals surface area contributed by atoms with E-state index in [0.29, 0.717) is 11.7 Å². The van der Waals surface area contributed by atoms with Crippen LogP contribution in [0.4, 0.5) is 0 Å². The van der Waals surface area contributed by atoms with Gasteiger partial charge in [-0.3, -0.25) is 4.79 Å². The summed E-state index contributed by atoms with van der Waals surface area (Å²) >= 11 is 0. The van der Waals surface area contributed by atoms with Crippen LogP contribution in [0.15, 0.2) is 12.2 Å². The average Bonchev–Trinajstić information content (AvgIpc) is 2.61. The maximum absolute atomic E-state index is 11.9. The number of carbonyl (C=O) groups is 1. The Balaban J connectivity index is 1.97. The zero-order valence-electron chi connectivity index (χ0n) is 7.51. The first kappa shape index (κ1) is 5.18. The summed E-state index contributed by atoms with van der Waals surface area (Å²) in [5.41, 5.74) is 0. The maximum Gasteiger partial charge on any atom is 0.143 e. The van der Waals surface area contributed by atoms with E-state index in [0.717, 1.165) is 0 Å². The number of ether oxygens (including phenoxy) is 1. The standard InChI is InChI=1S/C10H10O2/c11-9-6-3-7-8(9)5-2-1-4(6)10(5)12-7/h1-2,4-8,10H,3H2/i3D. The molecule has 4 fully saturated rings. The SMILES string of the molecule is [2H]C1C2OC3C4C=CC3C2C(=O)C14. The van der Waals surface area contributed by atoms with E-state index in [4.69, 9.17) is 6.11 Å². The van der Waals surface area contributed by atoms with Gasteiger partial charge in [0.15, 0.2) is 0 Å². The van der Waals surface area contributed by atoms with Gasteiger partial charge >= 0.3 is 0 Å². The molecule has 0 N–H and O–H groups in total. The molecule has 0 radical (unpaired) electrons. The summed E-state index contributed by atoms with van der Waals surface area (Å²) < 4.78 is 13.7. The van der Waals surface area contributed by atoms with Crippen molar-refractivity contribution in [3.63, 3.8) is 0 Å². The molecule has 2 saturated carbocycles. The van der Waals surface area contributed by atoms with Gasteiger partial charge in [-0.05, 0) is 6.40 Å². The molecule has 2 nitrogen and oxygen atoms in total. The third-order valence-corrected chi connectivity index (χ3v) is 3.87. The third kappa shape index (κ3) is 0.403. The van der Waals surface area contributed by atoms with Crippen LogP contribution in [0, 0.1) is 23.7 Å². The molecule has 2 heteroatoms. The lowest BCUT2D eigenvalue weighted by Crippen LogP contribution is -2.38. The number of Topliss-reactive ketones (excluding diaryl/α,β-unsaturated/α-hetero) is 1. The molecule has 3 aliphatic carbocycles. The van der Waals surface area contributed by atoms with Crippen molar-refractivity contribution in [3.05, 3.63) is 12.2 Å².